The summed E-state index contributed by atoms with van der Waals surface area (Å²) in [6.07, 6.45) is 3.69. The molecule has 1 aromatic rings. The number of nitrogens with one attached hydrogen (secondary N) is 1. The normalized spacial score (nSPS) is 24.2. The van der Waals surface area contributed by atoms with E-state index in [4.69, 9.17) is 0 Å². The SMILES string of the molecule is O=C(Nc1ccc(N2CCCC2)cc1)C1CCCS(=O)(=O)C1. The second-order valence-electron chi connectivity index (χ2n) is 6.18. The van der Waals surface area contributed by atoms with Gasteiger partial charge in [-0.15, -0.1) is 0 Å². The van der Waals surface area contributed by atoms with Crippen molar-refractivity contribution in [2.75, 3.05) is 34.8 Å². The van der Waals surface area contributed by atoms with Crippen LogP contribution in [0.3, 0.4) is 0 Å². The van der Waals surface area contributed by atoms with Crippen molar-refractivity contribution < 1.29 is 13.2 Å². The first-order valence-corrected chi connectivity index (χ1v) is 9.72. The maximum absolute atomic E-state index is 12.2. The Morgan fingerprint density at radius 2 is 1.77 bits per heavy atom. The molecule has 2 aliphatic rings. The second kappa shape index (κ2) is 6.28. The van der Waals surface area contributed by atoms with E-state index < -0.39 is 15.8 Å². The van der Waals surface area contributed by atoms with Crippen molar-refractivity contribution in [1.82, 2.24) is 0 Å². The van der Waals surface area contributed by atoms with E-state index in [-0.39, 0.29) is 17.4 Å². The Kier molecular flexibility index (Phi) is 4.38. The van der Waals surface area contributed by atoms with Gasteiger partial charge in [-0.2, -0.15) is 0 Å². The molecule has 1 unspecified atom stereocenters. The highest BCUT2D eigenvalue weighted by molar-refractivity contribution is 7.91. The highest BCUT2D eigenvalue weighted by atomic mass is 32.2. The molecule has 2 aliphatic heterocycles. The van der Waals surface area contributed by atoms with E-state index in [0.717, 1.165) is 18.8 Å². The van der Waals surface area contributed by atoms with Crippen molar-refractivity contribution >= 4 is 27.1 Å². The van der Waals surface area contributed by atoms with Crippen LogP contribution in [0.1, 0.15) is 25.7 Å². The van der Waals surface area contributed by atoms with Crippen LogP contribution in [0.15, 0.2) is 24.3 Å². The predicted molar refractivity (Wildman–Crippen MR) is 87.9 cm³/mol. The minimum Gasteiger partial charge on any atom is -0.372 e. The Hall–Kier alpha value is -1.56. The topological polar surface area (TPSA) is 66.5 Å². The molecule has 0 aliphatic carbocycles. The number of hydrogen-bond acceptors (Lipinski definition) is 4. The van der Waals surface area contributed by atoms with Gasteiger partial charge in [0, 0.05) is 24.5 Å². The largest absolute Gasteiger partial charge is 0.372 e. The maximum Gasteiger partial charge on any atom is 0.228 e. The van der Waals surface area contributed by atoms with E-state index in [9.17, 15) is 13.2 Å². The lowest BCUT2D eigenvalue weighted by Gasteiger charge is -2.21. The molecule has 2 fully saturated rings. The molecule has 2 saturated heterocycles. The fraction of sp³-hybridized carbons (Fsp3) is 0.562. The Labute approximate surface area is 131 Å². The van der Waals surface area contributed by atoms with E-state index in [0.29, 0.717) is 12.8 Å². The summed E-state index contributed by atoms with van der Waals surface area (Å²) in [4.78, 5) is 14.5. The van der Waals surface area contributed by atoms with Crippen molar-refractivity contribution in [3.63, 3.8) is 0 Å². The van der Waals surface area contributed by atoms with Gasteiger partial charge in [0.1, 0.15) is 0 Å². The molecule has 1 aromatic carbocycles. The predicted octanol–water partition coefficient (Wildman–Crippen LogP) is 2.05. The number of hydrogen-bond donors (Lipinski definition) is 1. The lowest BCUT2D eigenvalue weighted by atomic mass is 10.0. The average molecular weight is 322 g/mol. The Morgan fingerprint density at radius 1 is 1.09 bits per heavy atom. The van der Waals surface area contributed by atoms with Crippen LogP contribution in [0.25, 0.3) is 0 Å². The zero-order valence-electron chi connectivity index (χ0n) is 12.6. The maximum atomic E-state index is 12.2. The summed E-state index contributed by atoms with van der Waals surface area (Å²) < 4.78 is 23.2. The lowest BCUT2D eigenvalue weighted by molar-refractivity contribution is -0.119. The fourth-order valence-corrected chi connectivity index (χ4v) is 4.91. The number of sulfone groups is 1. The number of nitrogens with zero attached hydrogens (tertiary/aromatic N) is 1. The van der Waals surface area contributed by atoms with Crippen molar-refractivity contribution in [2.45, 2.75) is 25.7 Å². The smallest absolute Gasteiger partial charge is 0.228 e. The van der Waals surface area contributed by atoms with Crippen LogP contribution in [-0.2, 0) is 14.6 Å². The van der Waals surface area contributed by atoms with Crippen LogP contribution in [0, 0.1) is 5.92 Å². The monoisotopic (exact) mass is 322 g/mol. The quantitative estimate of drug-likeness (QED) is 0.925. The summed E-state index contributed by atoms with van der Waals surface area (Å²) in [7, 11) is -3.05. The molecular weight excluding hydrogens is 300 g/mol. The molecule has 0 saturated carbocycles. The van der Waals surface area contributed by atoms with Crippen LogP contribution >= 0.6 is 0 Å². The number of rotatable bonds is 3. The Balaban J connectivity index is 1.61. The zero-order valence-corrected chi connectivity index (χ0v) is 13.4. The van der Waals surface area contributed by atoms with Gasteiger partial charge in [-0.1, -0.05) is 0 Å². The van der Waals surface area contributed by atoms with E-state index in [1.54, 1.807) is 0 Å². The Morgan fingerprint density at radius 3 is 2.41 bits per heavy atom. The summed E-state index contributed by atoms with van der Waals surface area (Å²) in [5.74, 6) is -0.416. The molecule has 2 heterocycles. The van der Waals surface area contributed by atoms with Gasteiger partial charge >= 0.3 is 0 Å². The molecule has 6 heteroatoms. The minimum absolute atomic E-state index is 0.0231. The van der Waals surface area contributed by atoms with Gasteiger partial charge < -0.3 is 10.2 Å². The van der Waals surface area contributed by atoms with Gasteiger partial charge in [-0.25, -0.2) is 8.42 Å². The van der Waals surface area contributed by atoms with Gasteiger partial charge in [-0.3, -0.25) is 4.79 Å². The molecule has 0 aromatic heterocycles. The van der Waals surface area contributed by atoms with Crippen molar-refractivity contribution in [2.24, 2.45) is 5.92 Å². The van der Waals surface area contributed by atoms with Crippen molar-refractivity contribution in [3.8, 4) is 0 Å². The first-order chi connectivity index (χ1) is 10.5. The standard InChI is InChI=1S/C16H22N2O3S/c19-16(13-4-3-11-22(20,21)12-13)17-14-5-7-15(8-6-14)18-9-1-2-10-18/h5-8,13H,1-4,9-12H2,(H,17,19). The molecule has 0 radical (unpaired) electrons. The van der Waals surface area contributed by atoms with Gasteiger partial charge in [0.05, 0.1) is 17.4 Å². The molecule has 0 spiro atoms. The van der Waals surface area contributed by atoms with E-state index >= 15 is 0 Å². The number of carbonyl (C=O) groups is 1. The summed E-state index contributed by atoms with van der Waals surface area (Å²) in [6.45, 7) is 2.18. The van der Waals surface area contributed by atoms with Gasteiger partial charge in [0.25, 0.3) is 0 Å². The third kappa shape index (κ3) is 3.61. The highest BCUT2D eigenvalue weighted by Gasteiger charge is 2.29. The summed E-state index contributed by atoms with van der Waals surface area (Å²) in [5.41, 5.74) is 1.91. The number of anilines is 2. The number of benzene rings is 1. The summed E-state index contributed by atoms with van der Waals surface area (Å²) in [5, 5.41) is 2.85. The van der Waals surface area contributed by atoms with Gasteiger partial charge in [-0.05, 0) is 49.9 Å². The molecule has 1 amide bonds. The fourth-order valence-electron chi connectivity index (χ4n) is 3.20. The first-order valence-electron chi connectivity index (χ1n) is 7.90. The molecule has 3 rings (SSSR count). The Bertz CT molecular complexity index is 634. The second-order valence-corrected chi connectivity index (χ2v) is 8.41. The summed E-state index contributed by atoms with van der Waals surface area (Å²) in [6, 6.07) is 7.81. The molecule has 1 atom stereocenters. The highest BCUT2D eigenvalue weighted by Crippen LogP contribution is 2.24. The third-order valence-corrected chi connectivity index (χ3v) is 6.26. The van der Waals surface area contributed by atoms with Crippen LogP contribution in [0.4, 0.5) is 11.4 Å². The van der Waals surface area contributed by atoms with E-state index in [1.165, 1.54) is 18.5 Å². The van der Waals surface area contributed by atoms with Crippen LogP contribution in [-0.4, -0.2) is 38.9 Å². The summed E-state index contributed by atoms with van der Waals surface area (Å²) >= 11 is 0. The van der Waals surface area contributed by atoms with Crippen LogP contribution in [0.2, 0.25) is 0 Å². The van der Waals surface area contributed by atoms with Crippen molar-refractivity contribution in [1.29, 1.82) is 0 Å². The molecule has 1 N–H and O–H groups in total. The first kappa shape index (κ1) is 15.3. The molecule has 120 valence electrons. The van der Waals surface area contributed by atoms with Crippen LogP contribution < -0.4 is 10.2 Å². The minimum atomic E-state index is -3.05. The molecule has 22 heavy (non-hydrogen) atoms. The zero-order chi connectivity index (χ0) is 15.6. The van der Waals surface area contributed by atoms with Crippen molar-refractivity contribution in [3.05, 3.63) is 24.3 Å². The molecule has 5 nitrogen and oxygen atoms in total. The third-order valence-electron chi connectivity index (χ3n) is 4.44. The molecule has 0 bridgehead atoms. The van der Waals surface area contributed by atoms with E-state index in [2.05, 4.69) is 10.2 Å². The van der Waals surface area contributed by atoms with Gasteiger partial charge in [0.15, 0.2) is 9.84 Å². The average Bonchev–Trinajstić information content (AvgIpc) is 3.01. The number of amides is 1. The van der Waals surface area contributed by atoms with E-state index in [1.807, 2.05) is 24.3 Å². The van der Waals surface area contributed by atoms with Gasteiger partial charge in [0.2, 0.25) is 5.91 Å². The number of carbonyl (C=O) groups excluding carboxylic acids is 1. The van der Waals surface area contributed by atoms with Crippen LogP contribution in [0.5, 0.6) is 0 Å². The molecular formula is C16H22N2O3S. The lowest BCUT2D eigenvalue weighted by Crippen LogP contribution is -2.34.